The molecule has 0 bridgehead atoms. The van der Waals surface area contributed by atoms with Crippen LogP contribution in [0.15, 0.2) is 0 Å². The van der Waals surface area contributed by atoms with Gasteiger partial charge in [0.2, 0.25) is 0 Å². The number of sulfone groups is 1. The van der Waals surface area contributed by atoms with Gasteiger partial charge >= 0.3 is 0 Å². The van der Waals surface area contributed by atoms with Crippen molar-refractivity contribution in [3.05, 3.63) is 0 Å². The molecule has 0 aliphatic heterocycles. The molecule has 0 aliphatic carbocycles. The third-order valence-electron chi connectivity index (χ3n) is 1.50. The third kappa shape index (κ3) is 3.20. The predicted molar refractivity (Wildman–Crippen MR) is 43.8 cm³/mol. The molecule has 0 aromatic heterocycles. The molecule has 0 N–H and O–H groups in total. The maximum atomic E-state index is 11.1. The predicted octanol–water partition coefficient (Wildman–Crippen LogP) is 1.61. The smallest absolute Gasteiger partial charge is 0.152 e. The van der Waals surface area contributed by atoms with E-state index in [0.29, 0.717) is 5.75 Å². The van der Waals surface area contributed by atoms with Crippen LogP contribution < -0.4 is 0 Å². The van der Waals surface area contributed by atoms with Crippen molar-refractivity contribution in [2.45, 2.75) is 38.9 Å². The monoisotopic (exact) mass is 164 g/mol. The van der Waals surface area contributed by atoms with E-state index in [2.05, 4.69) is 0 Å². The Hall–Kier alpha value is -0.0500. The van der Waals surface area contributed by atoms with Crippen molar-refractivity contribution in [2.24, 2.45) is 0 Å². The summed E-state index contributed by atoms with van der Waals surface area (Å²) in [5.74, 6) is 0.348. The van der Waals surface area contributed by atoms with Crippen LogP contribution >= 0.6 is 0 Å². The Morgan fingerprint density at radius 2 is 1.80 bits per heavy atom. The summed E-state index contributed by atoms with van der Waals surface area (Å²) in [6.07, 6.45) is 1.74. The molecule has 0 unspecified atom stereocenters. The lowest BCUT2D eigenvalue weighted by Crippen LogP contribution is -2.17. The molecule has 0 rings (SSSR count). The van der Waals surface area contributed by atoms with E-state index in [4.69, 9.17) is 0 Å². The van der Waals surface area contributed by atoms with Crippen molar-refractivity contribution in [2.75, 3.05) is 5.75 Å². The average molecular weight is 164 g/mol. The Morgan fingerprint density at radius 1 is 1.30 bits per heavy atom. The van der Waals surface area contributed by atoms with Crippen LogP contribution in [0.5, 0.6) is 0 Å². The van der Waals surface area contributed by atoms with Gasteiger partial charge in [-0.25, -0.2) is 8.42 Å². The lowest BCUT2D eigenvalue weighted by atomic mass is 10.4. The van der Waals surface area contributed by atoms with Gasteiger partial charge in [-0.2, -0.15) is 0 Å². The van der Waals surface area contributed by atoms with E-state index in [1.807, 2.05) is 6.92 Å². The second-order valence-corrected chi connectivity index (χ2v) is 5.45. The summed E-state index contributed by atoms with van der Waals surface area (Å²) in [6, 6.07) is 0. The fraction of sp³-hybridized carbons (Fsp3) is 1.00. The lowest BCUT2D eigenvalue weighted by molar-refractivity contribution is 0.584. The minimum absolute atomic E-state index is 0.209. The van der Waals surface area contributed by atoms with Crippen molar-refractivity contribution in [1.82, 2.24) is 0 Å². The quantitative estimate of drug-likeness (QED) is 0.632. The van der Waals surface area contributed by atoms with Crippen molar-refractivity contribution in [1.29, 1.82) is 0 Å². The van der Waals surface area contributed by atoms with Gasteiger partial charge in [0.1, 0.15) is 0 Å². The standard InChI is InChI=1S/C7H16O2S/c1-4-5-6-10(8,9)7(2)3/h7H,4-6H2,1-3H3. The van der Waals surface area contributed by atoms with Crippen LogP contribution in [0.3, 0.4) is 0 Å². The van der Waals surface area contributed by atoms with Gasteiger partial charge in [0.25, 0.3) is 0 Å². The first kappa shape index (κ1) is 9.95. The number of hydrogen-bond donors (Lipinski definition) is 0. The Bertz CT molecular complexity index is 168. The highest BCUT2D eigenvalue weighted by atomic mass is 32.2. The zero-order valence-electron chi connectivity index (χ0n) is 6.92. The number of rotatable bonds is 4. The van der Waals surface area contributed by atoms with E-state index in [1.54, 1.807) is 13.8 Å². The Kier molecular flexibility index (Phi) is 3.94. The van der Waals surface area contributed by atoms with Crippen LogP contribution in [0.25, 0.3) is 0 Å². The van der Waals surface area contributed by atoms with Gasteiger partial charge in [-0.05, 0) is 20.3 Å². The summed E-state index contributed by atoms with van der Waals surface area (Å²) in [6.45, 7) is 5.45. The van der Waals surface area contributed by atoms with E-state index in [1.165, 1.54) is 0 Å². The third-order valence-corrected chi connectivity index (χ3v) is 3.79. The summed E-state index contributed by atoms with van der Waals surface area (Å²) >= 11 is 0. The molecule has 0 heterocycles. The molecular formula is C7H16O2S. The van der Waals surface area contributed by atoms with Crippen LogP contribution in [0, 0.1) is 0 Å². The van der Waals surface area contributed by atoms with Crippen molar-refractivity contribution >= 4 is 9.84 Å². The van der Waals surface area contributed by atoms with Crippen LogP contribution in [0.4, 0.5) is 0 Å². The van der Waals surface area contributed by atoms with Gasteiger partial charge in [0.15, 0.2) is 9.84 Å². The molecule has 0 fully saturated rings. The van der Waals surface area contributed by atoms with E-state index in [0.717, 1.165) is 12.8 Å². The van der Waals surface area contributed by atoms with Gasteiger partial charge in [0, 0.05) is 0 Å². The van der Waals surface area contributed by atoms with Crippen molar-refractivity contribution in [3.63, 3.8) is 0 Å². The first-order chi connectivity index (χ1) is 4.50. The highest BCUT2D eigenvalue weighted by Crippen LogP contribution is 2.03. The largest absolute Gasteiger partial charge is 0.229 e. The normalized spacial score (nSPS) is 12.4. The summed E-state index contributed by atoms with van der Waals surface area (Å²) < 4.78 is 22.2. The molecule has 0 atom stereocenters. The highest BCUT2D eigenvalue weighted by Gasteiger charge is 2.13. The molecule has 0 radical (unpaired) electrons. The first-order valence-electron chi connectivity index (χ1n) is 3.72. The summed E-state index contributed by atoms with van der Waals surface area (Å²) in [5.41, 5.74) is 0. The molecule has 2 nitrogen and oxygen atoms in total. The molecule has 0 spiro atoms. The molecule has 0 aromatic rings. The van der Waals surface area contributed by atoms with Crippen LogP contribution in [0.1, 0.15) is 33.6 Å². The second kappa shape index (κ2) is 3.96. The molecular weight excluding hydrogens is 148 g/mol. The molecule has 0 amide bonds. The summed E-state index contributed by atoms with van der Waals surface area (Å²) in [4.78, 5) is 0. The summed E-state index contributed by atoms with van der Waals surface area (Å²) in [5, 5.41) is -0.209. The maximum absolute atomic E-state index is 11.1. The Labute approximate surface area is 63.6 Å². The lowest BCUT2D eigenvalue weighted by Gasteiger charge is -2.05. The van der Waals surface area contributed by atoms with Crippen LogP contribution in [0.2, 0.25) is 0 Å². The Balaban J connectivity index is 3.90. The fourth-order valence-electron chi connectivity index (χ4n) is 0.581. The maximum Gasteiger partial charge on any atom is 0.152 e. The van der Waals surface area contributed by atoms with Crippen LogP contribution in [-0.2, 0) is 9.84 Å². The molecule has 0 saturated carbocycles. The van der Waals surface area contributed by atoms with Gasteiger partial charge < -0.3 is 0 Å². The first-order valence-corrected chi connectivity index (χ1v) is 5.43. The molecule has 62 valence electrons. The fourth-order valence-corrected chi connectivity index (χ4v) is 1.74. The van der Waals surface area contributed by atoms with Gasteiger partial charge in [0.05, 0.1) is 11.0 Å². The SMILES string of the molecule is CCCCS(=O)(=O)C(C)C. The Morgan fingerprint density at radius 3 is 2.10 bits per heavy atom. The zero-order chi connectivity index (χ0) is 8.20. The number of unbranched alkanes of at least 4 members (excludes halogenated alkanes) is 1. The van der Waals surface area contributed by atoms with Gasteiger partial charge in [-0.1, -0.05) is 13.3 Å². The van der Waals surface area contributed by atoms with Crippen molar-refractivity contribution < 1.29 is 8.42 Å². The van der Waals surface area contributed by atoms with Gasteiger partial charge in [-0.15, -0.1) is 0 Å². The van der Waals surface area contributed by atoms with E-state index >= 15 is 0 Å². The van der Waals surface area contributed by atoms with Gasteiger partial charge in [-0.3, -0.25) is 0 Å². The van der Waals surface area contributed by atoms with E-state index in [9.17, 15) is 8.42 Å². The topological polar surface area (TPSA) is 34.1 Å². The summed E-state index contributed by atoms with van der Waals surface area (Å²) in [7, 11) is -2.76. The van der Waals surface area contributed by atoms with E-state index in [-0.39, 0.29) is 5.25 Å². The second-order valence-electron chi connectivity index (χ2n) is 2.77. The molecule has 10 heavy (non-hydrogen) atoms. The van der Waals surface area contributed by atoms with Crippen molar-refractivity contribution in [3.8, 4) is 0 Å². The highest BCUT2D eigenvalue weighted by molar-refractivity contribution is 7.91. The minimum atomic E-state index is -2.76. The molecule has 0 aromatic carbocycles. The number of hydrogen-bond acceptors (Lipinski definition) is 2. The zero-order valence-corrected chi connectivity index (χ0v) is 7.74. The van der Waals surface area contributed by atoms with Crippen LogP contribution in [-0.4, -0.2) is 19.4 Å². The molecule has 3 heteroatoms. The minimum Gasteiger partial charge on any atom is -0.229 e. The molecule has 0 aliphatic rings. The average Bonchev–Trinajstić information content (AvgIpc) is 1.84. The molecule has 0 saturated heterocycles. The van der Waals surface area contributed by atoms with E-state index < -0.39 is 9.84 Å².